The van der Waals surface area contributed by atoms with Crippen LogP contribution in [0.1, 0.15) is 12.0 Å². The smallest absolute Gasteiger partial charge is 1.00 e. The third-order valence-corrected chi connectivity index (χ3v) is 11.8. The van der Waals surface area contributed by atoms with Crippen LogP contribution in [-0.2, 0) is 25.3 Å². The van der Waals surface area contributed by atoms with Crippen LogP contribution in [0.3, 0.4) is 0 Å². The molecule has 1 aliphatic carbocycles. The Hall–Kier alpha value is -1.69. The molecule has 0 saturated carbocycles. The Morgan fingerprint density at radius 3 is 1.88 bits per heavy atom. The van der Waals surface area contributed by atoms with Gasteiger partial charge in [-0.25, -0.2) is 0 Å². The fourth-order valence-corrected chi connectivity index (χ4v) is 10.3. The van der Waals surface area contributed by atoms with Crippen molar-refractivity contribution >= 4 is 17.2 Å². The third-order valence-electron chi connectivity index (χ3n) is 5.72. The SMILES string of the molecule is CO[O][Ti+2]([c]1ccccc1)([c]1ccccc1)[c]1ccccc1C1=C(CN(C)C)C=CC1.[Cl-].[Cl-]. The van der Waals surface area contributed by atoms with Crippen molar-refractivity contribution < 1.29 is 50.1 Å². The van der Waals surface area contributed by atoms with Gasteiger partial charge in [-0.3, -0.25) is 0 Å². The first-order valence-corrected chi connectivity index (χ1v) is 13.6. The van der Waals surface area contributed by atoms with E-state index in [-0.39, 0.29) is 24.8 Å². The molecule has 172 valence electrons. The molecule has 3 aromatic rings. The minimum atomic E-state index is -3.61. The number of hydrogen-bond acceptors (Lipinski definition) is 3. The van der Waals surface area contributed by atoms with E-state index >= 15 is 0 Å². The second-order valence-corrected chi connectivity index (χ2v) is 13.1. The first-order valence-electron chi connectivity index (χ1n) is 10.6. The topological polar surface area (TPSA) is 21.7 Å². The van der Waals surface area contributed by atoms with E-state index < -0.39 is 17.0 Å². The summed E-state index contributed by atoms with van der Waals surface area (Å²) in [5, 5.41) is 0. The van der Waals surface area contributed by atoms with Crippen molar-refractivity contribution in [1.29, 1.82) is 0 Å². The molecule has 0 spiro atoms. The van der Waals surface area contributed by atoms with Gasteiger partial charge in [0.2, 0.25) is 0 Å². The van der Waals surface area contributed by atoms with E-state index in [1.54, 1.807) is 7.11 Å². The number of rotatable bonds is 8. The number of likely N-dealkylation sites (N-methyl/N-ethyl adjacent to an activating group) is 1. The van der Waals surface area contributed by atoms with Gasteiger partial charge in [0.05, 0.1) is 0 Å². The summed E-state index contributed by atoms with van der Waals surface area (Å²) in [4.78, 5) is 7.75. The van der Waals surface area contributed by atoms with Crippen LogP contribution in [0.5, 0.6) is 0 Å². The van der Waals surface area contributed by atoms with E-state index in [0.717, 1.165) is 13.0 Å². The molecule has 0 atom stereocenters. The predicted octanol–water partition coefficient (Wildman–Crippen LogP) is -2.11. The normalized spacial score (nSPS) is 12.6. The molecule has 3 nitrogen and oxygen atoms in total. The van der Waals surface area contributed by atoms with Gasteiger partial charge in [-0.1, -0.05) is 0 Å². The molecule has 0 heterocycles. The molecule has 1 aliphatic rings. The predicted molar refractivity (Wildman–Crippen MR) is 126 cm³/mol. The van der Waals surface area contributed by atoms with E-state index in [1.165, 1.54) is 28.3 Å². The van der Waals surface area contributed by atoms with Crippen LogP contribution < -0.4 is 36.4 Å². The van der Waals surface area contributed by atoms with E-state index in [1.807, 2.05) is 0 Å². The molecule has 0 unspecified atom stereocenters. The van der Waals surface area contributed by atoms with Crippen molar-refractivity contribution in [1.82, 2.24) is 4.90 Å². The van der Waals surface area contributed by atoms with Crippen molar-refractivity contribution in [3.63, 3.8) is 0 Å². The molecule has 0 bridgehead atoms. The summed E-state index contributed by atoms with van der Waals surface area (Å²) < 4.78 is 10.1. The van der Waals surface area contributed by atoms with Gasteiger partial charge in [-0.05, 0) is 0 Å². The molecule has 0 aliphatic heterocycles. The van der Waals surface area contributed by atoms with Gasteiger partial charge in [0, 0.05) is 0 Å². The molecule has 0 N–H and O–H groups in total. The fraction of sp³-hybridized carbons (Fsp3) is 0.185. The molecule has 6 heteroatoms. The molecular weight excluding hydrogens is 489 g/mol. The summed E-state index contributed by atoms with van der Waals surface area (Å²) in [5.41, 5.74) is 4.02. The first kappa shape index (κ1) is 27.6. The van der Waals surface area contributed by atoms with E-state index in [0.29, 0.717) is 0 Å². The Morgan fingerprint density at radius 2 is 1.33 bits per heavy atom. The van der Waals surface area contributed by atoms with Crippen LogP contribution in [0.25, 0.3) is 5.57 Å². The van der Waals surface area contributed by atoms with E-state index in [9.17, 15) is 0 Å². The summed E-state index contributed by atoms with van der Waals surface area (Å²) in [6, 6.07) is 30.0. The maximum absolute atomic E-state index is 6.44. The molecule has 0 radical (unpaired) electrons. The monoisotopic (exact) mass is 517 g/mol. The second kappa shape index (κ2) is 12.7. The summed E-state index contributed by atoms with van der Waals surface area (Å²) in [6.07, 6.45) is 5.47. The largest absolute Gasteiger partial charge is 1.00 e. The molecule has 33 heavy (non-hydrogen) atoms. The zero-order chi connectivity index (χ0) is 21.7. The molecule has 3 aromatic carbocycles. The van der Waals surface area contributed by atoms with Crippen LogP contribution in [0, 0.1) is 0 Å². The fourth-order valence-electron chi connectivity index (χ4n) is 4.47. The van der Waals surface area contributed by atoms with Crippen LogP contribution in [0.4, 0.5) is 0 Å². The summed E-state index contributed by atoms with van der Waals surface area (Å²) in [7, 11) is 5.86. The quantitative estimate of drug-likeness (QED) is 0.194. The van der Waals surface area contributed by atoms with Crippen molar-refractivity contribution in [2.45, 2.75) is 6.42 Å². The number of halogens is 2. The average Bonchev–Trinajstić information content (AvgIpc) is 3.26. The molecule has 0 aromatic heterocycles. The van der Waals surface area contributed by atoms with Gasteiger partial charge >= 0.3 is 190 Å². The minimum Gasteiger partial charge on any atom is -1.00 e. The number of nitrogens with zero attached hydrogens (tertiary/aromatic N) is 1. The Balaban J connectivity index is 0.00000193. The summed E-state index contributed by atoms with van der Waals surface area (Å²) in [6.45, 7) is 0.919. The Kier molecular flexibility index (Phi) is 10.6. The van der Waals surface area contributed by atoms with Gasteiger partial charge in [0.15, 0.2) is 0 Å². The van der Waals surface area contributed by atoms with Crippen LogP contribution in [0.15, 0.2) is 103 Å². The van der Waals surface area contributed by atoms with Gasteiger partial charge in [-0.2, -0.15) is 0 Å². The van der Waals surface area contributed by atoms with Gasteiger partial charge < -0.3 is 24.8 Å². The van der Waals surface area contributed by atoms with Crippen LogP contribution >= 0.6 is 0 Å². The number of benzene rings is 3. The van der Waals surface area contributed by atoms with Crippen molar-refractivity contribution in [2.75, 3.05) is 27.7 Å². The average molecular weight is 518 g/mol. The molecule has 0 fully saturated rings. The van der Waals surface area contributed by atoms with Crippen molar-refractivity contribution in [3.05, 3.63) is 108 Å². The zero-order valence-electron chi connectivity index (χ0n) is 19.2. The van der Waals surface area contributed by atoms with Gasteiger partial charge in [0.1, 0.15) is 0 Å². The van der Waals surface area contributed by atoms with Gasteiger partial charge in [0.25, 0.3) is 0 Å². The van der Waals surface area contributed by atoms with Gasteiger partial charge in [-0.15, -0.1) is 0 Å². The number of hydrogen-bond donors (Lipinski definition) is 0. The van der Waals surface area contributed by atoms with E-state index in [4.69, 9.17) is 8.36 Å². The number of allylic oxidation sites excluding steroid dienone is 2. The minimum absolute atomic E-state index is 0. The second-order valence-electron chi connectivity index (χ2n) is 8.06. The Labute approximate surface area is 213 Å². The van der Waals surface area contributed by atoms with Crippen molar-refractivity contribution in [3.8, 4) is 0 Å². The molecule has 0 amide bonds. The van der Waals surface area contributed by atoms with Crippen LogP contribution in [-0.4, -0.2) is 32.6 Å². The Bertz CT molecular complexity index is 1050. The van der Waals surface area contributed by atoms with E-state index in [2.05, 4.69) is 116 Å². The molecule has 0 saturated heterocycles. The van der Waals surface area contributed by atoms with Crippen molar-refractivity contribution in [2.24, 2.45) is 0 Å². The standard InChI is InChI=1S/C14H16N.2C6H5.CH4O2.2ClH.Ti/c1-15(2)11-13-9-6-10-14(13)12-7-4-3-5-8-12;2*1-2-4-6-5-3-1;1-3-2;;;/h3-7,9H,10-11H2,1-2H3;2*1-5H;2H,1H3;2*1H;/q;;;;;;+3/p-3. The molecule has 4 rings (SSSR count). The third kappa shape index (κ3) is 5.70. The Morgan fingerprint density at radius 1 is 0.788 bits per heavy atom. The molecular formula is C27H29Cl2NO2Ti. The first-order chi connectivity index (χ1) is 15.2. The summed E-state index contributed by atoms with van der Waals surface area (Å²) >= 11 is -3.61. The summed E-state index contributed by atoms with van der Waals surface area (Å²) in [5.74, 6) is 0. The maximum Gasteiger partial charge on any atom is -1.00 e. The van der Waals surface area contributed by atoms with Crippen LogP contribution in [0.2, 0.25) is 0 Å². The zero-order valence-corrected chi connectivity index (χ0v) is 22.2. The maximum atomic E-state index is 6.44.